The summed E-state index contributed by atoms with van der Waals surface area (Å²) in [5.41, 5.74) is 2.06. The van der Waals surface area contributed by atoms with E-state index in [2.05, 4.69) is 5.10 Å². The molecule has 0 radical (unpaired) electrons. The van der Waals surface area contributed by atoms with E-state index in [9.17, 15) is 13.9 Å². The van der Waals surface area contributed by atoms with Crippen LogP contribution in [0.4, 0.5) is 8.78 Å². The molecule has 1 aromatic carbocycles. The van der Waals surface area contributed by atoms with Crippen molar-refractivity contribution in [3.05, 3.63) is 52.3 Å². The lowest BCUT2D eigenvalue weighted by molar-refractivity contribution is 0.170. The number of rotatable bonds is 3. The van der Waals surface area contributed by atoms with Crippen molar-refractivity contribution >= 4 is 0 Å². The zero-order valence-electron chi connectivity index (χ0n) is 11.1. The van der Waals surface area contributed by atoms with Gasteiger partial charge in [0.2, 0.25) is 0 Å². The molecule has 1 N–H and O–H groups in total. The fraction of sp³-hybridized carbons (Fsp3) is 0.357. The quantitative estimate of drug-likeness (QED) is 0.927. The van der Waals surface area contributed by atoms with Crippen LogP contribution in [0.3, 0.4) is 0 Å². The topological polar surface area (TPSA) is 38.0 Å². The molecule has 0 amide bonds. The summed E-state index contributed by atoms with van der Waals surface area (Å²) in [6.07, 6.45) is -0.784. The molecule has 2 rings (SSSR count). The Bertz CT molecular complexity index is 608. The third kappa shape index (κ3) is 2.81. The van der Waals surface area contributed by atoms with Crippen molar-refractivity contribution < 1.29 is 13.9 Å². The van der Waals surface area contributed by atoms with Gasteiger partial charge < -0.3 is 5.11 Å². The highest BCUT2D eigenvalue weighted by atomic mass is 19.1. The van der Waals surface area contributed by atoms with E-state index < -0.39 is 17.7 Å². The molecule has 3 nitrogen and oxygen atoms in total. The summed E-state index contributed by atoms with van der Waals surface area (Å²) in [7, 11) is 1.77. The average molecular weight is 266 g/mol. The molecule has 19 heavy (non-hydrogen) atoms. The molecular weight excluding hydrogens is 250 g/mol. The molecule has 1 atom stereocenters. The molecule has 0 fully saturated rings. The molecule has 0 aliphatic rings. The van der Waals surface area contributed by atoms with Crippen molar-refractivity contribution in [1.82, 2.24) is 9.78 Å². The van der Waals surface area contributed by atoms with E-state index in [0.29, 0.717) is 5.56 Å². The van der Waals surface area contributed by atoms with Gasteiger partial charge in [-0.1, -0.05) is 0 Å². The molecule has 0 saturated carbocycles. The summed E-state index contributed by atoms with van der Waals surface area (Å²) in [5.74, 6) is -1.33. The predicted octanol–water partition coefficient (Wildman–Crippen LogP) is 2.59. The molecular formula is C14H16F2N2O. The van der Waals surface area contributed by atoms with Gasteiger partial charge in [-0.25, -0.2) is 8.78 Å². The van der Waals surface area contributed by atoms with Crippen LogP contribution in [0.25, 0.3) is 0 Å². The Kier molecular flexibility index (Phi) is 3.66. The average Bonchev–Trinajstić information content (AvgIpc) is 2.62. The first kappa shape index (κ1) is 13.7. The monoisotopic (exact) mass is 266 g/mol. The summed E-state index contributed by atoms with van der Waals surface area (Å²) in [5, 5.41) is 14.3. The van der Waals surface area contributed by atoms with Gasteiger partial charge in [0.1, 0.15) is 11.6 Å². The van der Waals surface area contributed by atoms with Gasteiger partial charge in [0.15, 0.2) is 0 Å². The number of aliphatic hydroxyl groups is 1. The Morgan fingerprint density at radius 1 is 1.21 bits per heavy atom. The maximum Gasteiger partial charge on any atom is 0.131 e. The van der Waals surface area contributed by atoms with Gasteiger partial charge in [0.25, 0.3) is 0 Å². The maximum absolute atomic E-state index is 13.7. The first-order valence-corrected chi connectivity index (χ1v) is 6.01. The van der Waals surface area contributed by atoms with Crippen LogP contribution >= 0.6 is 0 Å². The number of halogens is 2. The first-order valence-electron chi connectivity index (χ1n) is 6.01. The van der Waals surface area contributed by atoms with E-state index in [1.807, 2.05) is 13.0 Å². The maximum atomic E-state index is 13.7. The van der Waals surface area contributed by atoms with Gasteiger partial charge in [0, 0.05) is 30.8 Å². The van der Waals surface area contributed by atoms with E-state index in [-0.39, 0.29) is 12.0 Å². The highest BCUT2D eigenvalue weighted by molar-refractivity contribution is 5.28. The second-order valence-corrected chi connectivity index (χ2v) is 4.74. The fourth-order valence-corrected chi connectivity index (χ4v) is 2.10. The Morgan fingerprint density at radius 3 is 2.47 bits per heavy atom. The van der Waals surface area contributed by atoms with E-state index in [1.165, 1.54) is 6.07 Å². The van der Waals surface area contributed by atoms with Gasteiger partial charge in [-0.3, -0.25) is 4.68 Å². The molecule has 0 aliphatic heterocycles. The largest absolute Gasteiger partial charge is 0.388 e. The van der Waals surface area contributed by atoms with E-state index >= 15 is 0 Å². The van der Waals surface area contributed by atoms with E-state index in [4.69, 9.17) is 0 Å². The smallest absolute Gasteiger partial charge is 0.131 e. The normalized spacial score (nSPS) is 12.7. The molecule has 102 valence electrons. The van der Waals surface area contributed by atoms with Crippen LogP contribution in [0.5, 0.6) is 0 Å². The number of aromatic nitrogens is 2. The van der Waals surface area contributed by atoms with E-state index in [0.717, 1.165) is 17.5 Å². The SMILES string of the molecule is Cc1cc(CC(O)c2cc(C)c(F)cc2F)n(C)n1. The zero-order valence-corrected chi connectivity index (χ0v) is 11.1. The fourth-order valence-electron chi connectivity index (χ4n) is 2.10. The molecule has 0 saturated heterocycles. The summed E-state index contributed by atoms with van der Waals surface area (Å²) >= 11 is 0. The molecule has 0 bridgehead atoms. The van der Waals surface area contributed by atoms with Crippen LogP contribution < -0.4 is 0 Å². The van der Waals surface area contributed by atoms with Gasteiger partial charge in [0.05, 0.1) is 11.8 Å². The van der Waals surface area contributed by atoms with Gasteiger partial charge in [-0.2, -0.15) is 5.10 Å². The van der Waals surface area contributed by atoms with Crippen LogP contribution in [-0.4, -0.2) is 14.9 Å². The van der Waals surface area contributed by atoms with Gasteiger partial charge in [-0.15, -0.1) is 0 Å². The Balaban J connectivity index is 2.27. The van der Waals surface area contributed by atoms with Crippen molar-refractivity contribution in [3.8, 4) is 0 Å². The van der Waals surface area contributed by atoms with Crippen molar-refractivity contribution in [1.29, 1.82) is 0 Å². The van der Waals surface area contributed by atoms with E-state index in [1.54, 1.807) is 18.7 Å². The number of benzene rings is 1. The molecule has 2 aromatic rings. The van der Waals surface area contributed by atoms with Gasteiger partial charge in [-0.05, 0) is 31.5 Å². The van der Waals surface area contributed by atoms with Crippen LogP contribution in [0.2, 0.25) is 0 Å². The first-order chi connectivity index (χ1) is 8.88. The summed E-state index contributed by atoms with van der Waals surface area (Å²) in [6, 6.07) is 3.98. The van der Waals surface area contributed by atoms with Crippen molar-refractivity contribution in [3.63, 3.8) is 0 Å². The number of aliphatic hydroxyl groups excluding tert-OH is 1. The predicted molar refractivity (Wildman–Crippen MR) is 67.7 cm³/mol. The molecule has 1 aromatic heterocycles. The number of hydrogen-bond acceptors (Lipinski definition) is 2. The second-order valence-electron chi connectivity index (χ2n) is 4.74. The Labute approximate surface area is 110 Å². The summed E-state index contributed by atoms with van der Waals surface area (Å²) in [6.45, 7) is 3.39. The minimum Gasteiger partial charge on any atom is -0.388 e. The third-order valence-electron chi connectivity index (χ3n) is 3.14. The second kappa shape index (κ2) is 5.09. The highest BCUT2D eigenvalue weighted by Crippen LogP contribution is 2.24. The Hall–Kier alpha value is -1.75. The van der Waals surface area contributed by atoms with Crippen LogP contribution in [0.15, 0.2) is 18.2 Å². The summed E-state index contributed by atoms with van der Waals surface area (Å²) < 4.78 is 28.5. The standard InChI is InChI=1S/C14H16F2N2O/c1-8-4-11(13(16)7-12(8)15)14(19)6-10-5-9(2)17-18(10)3/h4-5,7,14,19H,6H2,1-3H3. The van der Waals surface area contributed by atoms with Gasteiger partial charge >= 0.3 is 0 Å². The third-order valence-corrected chi connectivity index (χ3v) is 3.14. The molecule has 5 heteroatoms. The van der Waals surface area contributed by atoms with Crippen molar-refractivity contribution in [2.45, 2.75) is 26.4 Å². The minimum absolute atomic E-state index is 0.109. The lowest BCUT2D eigenvalue weighted by atomic mass is 10.0. The Morgan fingerprint density at radius 2 is 1.89 bits per heavy atom. The minimum atomic E-state index is -1.02. The van der Waals surface area contributed by atoms with Crippen LogP contribution in [-0.2, 0) is 13.5 Å². The number of nitrogens with zero attached hydrogens (tertiary/aromatic N) is 2. The van der Waals surface area contributed by atoms with Crippen molar-refractivity contribution in [2.24, 2.45) is 7.05 Å². The summed E-state index contributed by atoms with van der Waals surface area (Å²) in [4.78, 5) is 0. The molecule has 0 spiro atoms. The molecule has 0 aliphatic carbocycles. The van der Waals surface area contributed by atoms with Crippen LogP contribution in [0.1, 0.15) is 28.6 Å². The zero-order chi connectivity index (χ0) is 14.2. The highest BCUT2D eigenvalue weighted by Gasteiger charge is 2.17. The van der Waals surface area contributed by atoms with Crippen LogP contribution in [0, 0.1) is 25.5 Å². The lowest BCUT2D eigenvalue weighted by Gasteiger charge is -2.13. The molecule has 1 unspecified atom stereocenters. The molecule has 1 heterocycles. The number of hydrogen-bond donors (Lipinski definition) is 1. The number of aryl methyl sites for hydroxylation is 3. The lowest BCUT2D eigenvalue weighted by Crippen LogP contribution is -2.09. The van der Waals surface area contributed by atoms with Crippen molar-refractivity contribution in [2.75, 3.05) is 0 Å².